The van der Waals surface area contributed by atoms with Gasteiger partial charge in [0.25, 0.3) is 5.56 Å². The quantitative estimate of drug-likeness (QED) is 0.714. The second-order valence-electron chi connectivity index (χ2n) is 7.04. The first-order valence-corrected chi connectivity index (χ1v) is 9.69. The number of fused-ring (bicyclic) bond motifs is 1. The van der Waals surface area contributed by atoms with Crippen molar-refractivity contribution >= 4 is 16.8 Å². The summed E-state index contributed by atoms with van der Waals surface area (Å²) in [5, 5.41) is 3.75. The molecule has 8 nitrogen and oxygen atoms in total. The smallest absolute Gasteiger partial charge is 0.258 e. The molecule has 152 valence electrons. The molecule has 2 aromatic rings. The molecule has 3 rings (SSSR count). The molecule has 1 amide bonds. The van der Waals surface area contributed by atoms with E-state index in [0.29, 0.717) is 47.1 Å². The lowest BCUT2D eigenvalue weighted by molar-refractivity contribution is -0.132. The Kier molecular flexibility index (Phi) is 6.51. The Morgan fingerprint density at radius 2 is 2.04 bits per heavy atom. The highest BCUT2D eigenvalue weighted by Gasteiger charge is 2.19. The highest BCUT2D eigenvalue weighted by molar-refractivity contribution is 5.82. The molecule has 1 saturated heterocycles. The number of carbonyl (C=O) groups is 1. The molecular formula is C20H28N4O4. The molecule has 0 spiro atoms. The van der Waals surface area contributed by atoms with Gasteiger partial charge >= 0.3 is 0 Å². The van der Waals surface area contributed by atoms with Crippen molar-refractivity contribution in [2.45, 2.75) is 32.7 Å². The lowest BCUT2D eigenvalue weighted by Crippen LogP contribution is -2.32. The normalized spacial score (nSPS) is 16.3. The van der Waals surface area contributed by atoms with Gasteiger partial charge in [-0.25, -0.2) is 4.98 Å². The van der Waals surface area contributed by atoms with E-state index in [1.54, 1.807) is 17.0 Å². The third-order valence-corrected chi connectivity index (χ3v) is 5.26. The fraction of sp³-hybridized carbons (Fsp3) is 0.550. The molecule has 1 atom stereocenters. The maximum absolute atomic E-state index is 12.6. The van der Waals surface area contributed by atoms with Crippen molar-refractivity contribution in [2.24, 2.45) is 5.92 Å². The van der Waals surface area contributed by atoms with E-state index in [2.05, 4.69) is 15.3 Å². The number of benzene rings is 1. The maximum Gasteiger partial charge on any atom is 0.258 e. The van der Waals surface area contributed by atoms with Crippen molar-refractivity contribution < 1.29 is 14.3 Å². The lowest BCUT2D eigenvalue weighted by Gasteiger charge is -2.21. The summed E-state index contributed by atoms with van der Waals surface area (Å²) in [6.07, 6.45) is 2.54. The van der Waals surface area contributed by atoms with Gasteiger partial charge in [-0.3, -0.25) is 9.59 Å². The van der Waals surface area contributed by atoms with Crippen LogP contribution >= 0.6 is 0 Å². The SMILES string of the molecule is CCN(Cc1nc2cc(OC)c(OC)cc2c(=O)[nH]1)C(=O)CCC1CCNC1. The predicted octanol–water partition coefficient (Wildman–Crippen LogP) is 1.68. The predicted molar refractivity (Wildman–Crippen MR) is 107 cm³/mol. The van der Waals surface area contributed by atoms with E-state index in [1.165, 1.54) is 14.2 Å². The number of rotatable bonds is 8. The number of methoxy groups -OCH3 is 2. The number of carbonyl (C=O) groups excluding carboxylic acids is 1. The van der Waals surface area contributed by atoms with Gasteiger partial charge in [-0.2, -0.15) is 0 Å². The summed E-state index contributed by atoms with van der Waals surface area (Å²) < 4.78 is 10.5. The number of nitrogens with zero attached hydrogens (tertiary/aromatic N) is 2. The molecule has 1 fully saturated rings. The molecule has 1 unspecified atom stereocenters. The molecule has 8 heteroatoms. The van der Waals surface area contributed by atoms with E-state index >= 15 is 0 Å². The van der Waals surface area contributed by atoms with Gasteiger partial charge in [0.05, 0.1) is 31.7 Å². The van der Waals surface area contributed by atoms with Crippen molar-refractivity contribution in [2.75, 3.05) is 33.9 Å². The molecule has 1 aromatic carbocycles. The van der Waals surface area contributed by atoms with Crippen molar-refractivity contribution in [3.05, 3.63) is 28.3 Å². The Balaban J connectivity index is 1.77. The molecule has 2 heterocycles. The van der Waals surface area contributed by atoms with Crippen LogP contribution in [-0.4, -0.2) is 54.6 Å². The minimum Gasteiger partial charge on any atom is -0.493 e. The number of H-pyrrole nitrogens is 1. The molecule has 1 aliphatic heterocycles. The zero-order chi connectivity index (χ0) is 20.1. The molecule has 0 aliphatic carbocycles. The monoisotopic (exact) mass is 388 g/mol. The van der Waals surface area contributed by atoms with E-state index < -0.39 is 0 Å². The van der Waals surface area contributed by atoms with Gasteiger partial charge in [-0.1, -0.05) is 0 Å². The van der Waals surface area contributed by atoms with Crippen LogP contribution in [0.2, 0.25) is 0 Å². The number of nitrogens with one attached hydrogen (secondary N) is 2. The molecular weight excluding hydrogens is 360 g/mol. The molecule has 0 radical (unpaired) electrons. The fourth-order valence-corrected chi connectivity index (χ4v) is 3.59. The lowest BCUT2D eigenvalue weighted by atomic mass is 10.0. The van der Waals surface area contributed by atoms with Crippen LogP contribution in [-0.2, 0) is 11.3 Å². The Morgan fingerprint density at radius 1 is 1.29 bits per heavy atom. The summed E-state index contributed by atoms with van der Waals surface area (Å²) >= 11 is 0. The van der Waals surface area contributed by atoms with Gasteiger partial charge in [0.2, 0.25) is 5.91 Å². The first-order chi connectivity index (χ1) is 13.5. The maximum atomic E-state index is 12.6. The molecule has 0 saturated carbocycles. The number of hydrogen-bond acceptors (Lipinski definition) is 6. The minimum absolute atomic E-state index is 0.0875. The number of aromatic nitrogens is 2. The Bertz CT molecular complexity index is 890. The highest BCUT2D eigenvalue weighted by Crippen LogP contribution is 2.30. The Hall–Kier alpha value is -2.61. The van der Waals surface area contributed by atoms with Gasteiger partial charge in [0.1, 0.15) is 5.82 Å². The summed E-state index contributed by atoms with van der Waals surface area (Å²) in [5.74, 6) is 2.10. The first-order valence-electron chi connectivity index (χ1n) is 9.69. The van der Waals surface area contributed by atoms with Gasteiger partial charge in [-0.15, -0.1) is 0 Å². The Morgan fingerprint density at radius 3 is 2.68 bits per heavy atom. The van der Waals surface area contributed by atoms with Crippen LogP contribution < -0.4 is 20.3 Å². The summed E-state index contributed by atoms with van der Waals surface area (Å²) in [6.45, 7) is 4.80. The second kappa shape index (κ2) is 9.05. The van der Waals surface area contributed by atoms with Gasteiger partial charge in [0.15, 0.2) is 11.5 Å². The average molecular weight is 388 g/mol. The van der Waals surface area contributed by atoms with Gasteiger partial charge < -0.3 is 24.7 Å². The minimum atomic E-state index is -0.263. The highest BCUT2D eigenvalue weighted by atomic mass is 16.5. The van der Waals surface area contributed by atoms with Gasteiger partial charge in [-0.05, 0) is 44.8 Å². The number of amides is 1. The molecule has 2 N–H and O–H groups in total. The van der Waals surface area contributed by atoms with Crippen LogP contribution in [0.15, 0.2) is 16.9 Å². The van der Waals surface area contributed by atoms with Crippen LogP contribution in [0.5, 0.6) is 11.5 Å². The third-order valence-electron chi connectivity index (χ3n) is 5.26. The van der Waals surface area contributed by atoms with E-state index in [4.69, 9.17) is 9.47 Å². The zero-order valence-corrected chi connectivity index (χ0v) is 16.7. The van der Waals surface area contributed by atoms with Crippen molar-refractivity contribution in [3.63, 3.8) is 0 Å². The van der Waals surface area contributed by atoms with Crippen LogP contribution in [0.1, 0.15) is 32.0 Å². The standard InChI is InChI=1S/C20H28N4O4/c1-4-24(19(25)6-5-13-7-8-21-11-13)12-18-22-15-10-17(28-3)16(27-2)9-14(15)20(26)23-18/h9-10,13,21H,4-8,11-12H2,1-3H3,(H,22,23,26). The van der Waals surface area contributed by atoms with Crippen LogP contribution in [0, 0.1) is 5.92 Å². The van der Waals surface area contributed by atoms with E-state index in [1.807, 2.05) is 6.92 Å². The third kappa shape index (κ3) is 4.44. The Labute approximate surface area is 164 Å². The summed E-state index contributed by atoms with van der Waals surface area (Å²) in [6, 6.07) is 3.29. The molecule has 1 aliphatic rings. The topological polar surface area (TPSA) is 96.6 Å². The first kappa shape index (κ1) is 20.1. The summed E-state index contributed by atoms with van der Waals surface area (Å²) in [4.78, 5) is 34.2. The largest absolute Gasteiger partial charge is 0.493 e. The van der Waals surface area contributed by atoms with Crippen molar-refractivity contribution in [3.8, 4) is 11.5 Å². The van der Waals surface area contributed by atoms with Crippen molar-refractivity contribution in [1.82, 2.24) is 20.2 Å². The number of aromatic amines is 1. The van der Waals surface area contributed by atoms with E-state index in [0.717, 1.165) is 25.9 Å². The summed E-state index contributed by atoms with van der Waals surface area (Å²) in [7, 11) is 3.06. The van der Waals surface area contributed by atoms with E-state index in [-0.39, 0.29) is 18.0 Å². The molecule has 0 bridgehead atoms. The van der Waals surface area contributed by atoms with Gasteiger partial charge in [0, 0.05) is 19.0 Å². The molecule has 1 aromatic heterocycles. The van der Waals surface area contributed by atoms with Crippen LogP contribution in [0.25, 0.3) is 10.9 Å². The second-order valence-corrected chi connectivity index (χ2v) is 7.04. The summed E-state index contributed by atoms with van der Waals surface area (Å²) in [5.41, 5.74) is 0.249. The molecule has 28 heavy (non-hydrogen) atoms. The van der Waals surface area contributed by atoms with Crippen molar-refractivity contribution in [1.29, 1.82) is 0 Å². The van der Waals surface area contributed by atoms with Crippen LogP contribution in [0.4, 0.5) is 0 Å². The number of ether oxygens (including phenoxy) is 2. The fourth-order valence-electron chi connectivity index (χ4n) is 3.59. The number of hydrogen-bond donors (Lipinski definition) is 2. The van der Waals surface area contributed by atoms with Crippen LogP contribution in [0.3, 0.4) is 0 Å². The zero-order valence-electron chi connectivity index (χ0n) is 16.7. The van der Waals surface area contributed by atoms with E-state index in [9.17, 15) is 9.59 Å². The average Bonchev–Trinajstić information content (AvgIpc) is 3.23.